The molecule has 7 heteroatoms. The van der Waals surface area contributed by atoms with E-state index in [1.807, 2.05) is 50.6 Å². The molecule has 2 aromatic heterocycles. The van der Waals surface area contributed by atoms with Crippen LogP contribution in [0.2, 0.25) is 5.02 Å². The molecule has 0 aliphatic rings. The van der Waals surface area contributed by atoms with Crippen molar-refractivity contribution < 1.29 is 4.79 Å². The zero-order chi connectivity index (χ0) is 21.0. The van der Waals surface area contributed by atoms with E-state index >= 15 is 0 Å². The number of nitrogens with one attached hydrogen (secondary N) is 1. The molecule has 0 spiro atoms. The first-order chi connectivity index (χ1) is 13.8. The Kier molecular flexibility index (Phi) is 7.09. The molecule has 0 radical (unpaired) electrons. The van der Waals surface area contributed by atoms with Crippen LogP contribution in [-0.4, -0.2) is 27.2 Å². The number of hydrogen-bond acceptors (Lipinski definition) is 4. The molecule has 2 heterocycles. The van der Waals surface area contributed by atoms with Crippen LogP contribution in [0, 0.1) is 27.7 Å². The maximum atomic E-state index is 12.4. The van der Waals surface area contributed by atoms with Crippen molar-refractivity contribution in [2.45, 2.75) is 53.4 Å². The Bertz CT molecular complexity index is 1010. The van der Waals surface area contributed by atoms with Crippen LogP contribution in [0.4, 0.5) is 0 Å². The lowest BCUT2D eigenvalue weighted by Crippen LogP contribution is -2.26. The van der Waals surface area contributed by atoms with Gasteiger partial charge < -0.3 is 5.32 Å². The second kappa shape index (κ2) is 9.55. The van der Waals surface area contributed by atoms with Gasteiger partial charge in [0.1, 0.15) is 0 Å². The molecular weight excluding hydrogens is 404 g/mol. The second-order valence-electron chi connectivity index (χ2n) is 7.36. The summed E-state index contributed by atoms with van der Waals surface area (Å²) in [6.45, 7) is 8.61. The van der Waals surface area contributed by atoms with Crippen LogP contribution in [0.1, 0.15) is 46.1 Å². The van der Waals surface area contributed by atoms with E-state index in [0.717, 1.165) is 53.2 Å². The van der Waals surface area contributed by atoms with Crippen molar-refractivity contribution in [1.82, 2.24) is 20.1 Å². The molecule has 154 valence electrons. The first-order valence-electron chi connectivity index (χ1n) is 9.84. The fourth-order valence-corrected chi connectivity index (χ4v) is 4.26. The van der Waals surface area contributed by atoms with E-state index in [2.05, 4.69) is 20.8 Å². The summed E-state index contributed by atoms with van der Waals surface area (Å²) in [4.78, 5) is 16.9. The number of amides is 1. The summed E-state index contributed by atoms with van der Waals surface area (Å²) < 4.78 is 1.86. The van der Waals surface area contributed by atoms with Gasteiger partial charge in [0.2, 0.25) is 5.91 Å². The van der Waals surface area contributed by atoms with Gasteiger partial charge in [-0.25, -0.2) is 9.67 Å². The predicted octanol–water partition coefficient (Wildman–Crippen LogP) is 4.90. The maximum Gasteiger partial charge on any atom is 0.224 e. The highest BCUT2D eigenvalue weighted by molar-refractivity contribution is 7.09. The third kappa shape index (κ3) is 5.46. The van der Waals surface area contributed by atoms with Crippen molar-refractivity contribution in [3.63, 3.8) is 0 Å². The minimum absolute atomic E-state index is 0.0304. The standard InChI is InChI=1S/C22H27ClN4OS/c1-14-8-9-18(11-20(14)23)27-17(4)19(16(3)26-27)12-21(28)24-10-6-5-7-22-25-15(2)13-29-22/h8-9,11,13H,5-7,10,12H2,1-4H3,(H,24,28). The molecular formula is C22H27ClN4OS. The predicted molar refractivity (Wildman–Crippen MR) is 119 cm³/mol. The molecule has 1 N–H and O–H groups in total. The molecule has 1 amide bonds. The lowest BCUT2D eigenvalue weighted by molar-refractivity contribution is -0.120. The smallest absolute Gasteiger partial charge is 0.224 e. The summed E-state index contributed by atoms with van der Waals surface area (Å²) in [5.74, 6) is 0.0304. The van der Waals surface area contributed by atoms with Gasteiger partial charge in [-0.2, -0.15) is 5.10 Å². The topological polar surface area (TPSA) is 59.8 Å². The number of aryl methyl sites for hydroxylation is 4. The van der Waals surface area contributed by atoms with Crippen molar-refractivity contribution in [1.29, 1.82) is 0 Å². The second-order valence-corrected chi connectivity index (χ2v) is 8.71. The van der Waals surface area contributed by atoms with E-state index in [4.69, 9.17) is 11.6 Å². The molecule has 0 fully saturated rings. The largest absolute Gasteiger partial charge is 0.356 e. The molecule has 0 saturated heterocycles. The highest BCUT2D eigenvalue weighted by Gasteiger charge is 2.16. The molecule has 5 nitrogen and oxygen atoms in total. The number of aromatic nitrogens is 3. The molecule has 0 aliphatic heterocycles. The third-order valence-corrected chi connectivity index (χ3v) is 6.42. The molecule has 0 unspecified atom stereocenters. The molecule has 0 saturated carbocycles. The Morgan fingerprint density at radius 2 is 2.00 bits per heavy atom. The SMILES string of the molecule is Cc1csc(CCCCNC(=O)Cc2c(C)nn(-c3ccc(C)c(Cl)c3)c2C)n1. The minimum atomic E-state index is 0.0304. The Morgan fingerprint density at radius 3 is 2.69 bits per heavy atom. The number of carbonyl (C=O) groups excluding carboxylic acids is 1. The highest BCUT2D eigenvalue weighted by atomic mass is 35.5. The molecule has 1 aromatic carbocycles. The Hall–Kier alpha value is -2.18. The van der Waals surface area contributed by atoms with Gasteiger partial charge in [-0.3, -0.25) is 4.79 Å². The van der Waals surface area contributed by atoms with E-state index in [1.165, 1.54) is 5.01 Å². The van der Waals surface area contributed by atoms with Crippen LogP contribution in [0.5, 0.6) is 0 Å². The summed E-state index contributed by atoms with van der Waals surface area (Å²) in [6, 6.07) is 5.88. The van der Waals surface area contributed by atoms with Crippen molar-refractivity contribution in [3.8, 4) is 5.69 Å². The average molecular weight is 431 g/mol. The van der Waals surface area contributed by atoms with Crippen molar-refractivity contribution in [2.24, 2.45) is 0 Å². The first kappa shape index (κ1) is 21.5. The Morgan fingerprint density at radius 1 is 1.21 bits per heavy atom. The Labute approximate surface area is 181 Å². The van der Waals surface area contributed by atoms with Crippen LogP contribution in [-0.2, 0) is 17.6 Å². The molecule has 3 aromatic rings. The molecule has 0 bridgehead atoms. The number of halogens is 1. The van der Waals surface area contributed by atoms with E-state index in [0.29, 0.717) is 18.0 Å². The van der Waals surface area contributed by atoms with Gasteiger partial charge in [-0.15, -0.1) is 11.3 Å². The fourth-order valence-electron chi connectivity index (χ4n) is 3.27. The lowest BCUT2D eigenvalue weighted by atomic mass is 10.1. The van der Waals surface area contributed by atoms with Crippen molar-refractivity contribution in [2.75, 3.05) is 6.54 Å². The molecule has 29 heavy (non-hydrogen) atoms. The first-order valence-corrected chi connectivity index (χ1v) is 11.1. The average Bonchev–Trinajstić information content (AvgIpc) is 3.21. The molecule has 0 atom stereocenters. The van der Waals surface area contributed by atoms with Gasteiger partial charge in [0.05, 0.1) is 22.8 Å². The number of hydrogen-bond donors (Lipinski definition) is 1. The fraction of sp³-hybridized carbons (Fsp3) is 0.409. The van der Waals surface area contributed by atoms with Crippen LogP contribution in [0.15, 0.2) is 23.6 Å². The molecule has 3 rings (SSSR count). The number of unbranched alkanes of at least 4 members (excludes halogenated alkanes) is 1. The monoisotopic (exact) mass is 430 g/mol. The van der Waals surface area contributed by atoms with Crippen LogP contribution in [0.25, 0.3) is 5.69 Å². The lowest BCUT2D eigenvalue weighted by Gasteiger charge is -2.08. The zero-order valence-corrected chi connectivity index (χ0v) is 19.0. The minimum Gasteiger partial charge on any atom is -0.356 e. The highest BCUT2D eigenvalue weighted by Crippen LogP contribution is 2.23. The summed E-state index contributed by atoms with van der Waals surface area (Å²) >= 11 is 7.97. The van der Waals surface area contributed by atoms with Gasteiger partial charge in [0.25, 0.3) is 0 Å². The summed E-state index contributed by atoms with van der Waals surface area (Å²) in [5.41, 5.74) is 5.83. The van der Waals surface area contributed by atoms with Gasteiger partial charge in [-0.1, -0.05) is 17.7 Å². The van der Waals surface area contributed by atoms with Crippen LogP contribution < -0.4 is 5.32 Å². The number of rotatable bonds is 8. The molecule has 0 aliphatic carbocycles. The number of thiazole rings is 1. The van der Waals surface area contributed by atoms with E-state index in [-0.39, 0.29) is 5.91 Å². The van der Waals surface area contributed by atoms with Gasteiger partial charge in [-0.05, 0) is 64.7 Å². The van der Waals surface area contributed by atoms with Crippen LogP contribution >= 0.6 is 22.9 Å². The number of carbonyl (C=O) groups is 1. The van der Waals surface area contributed by atoms with Crippen molar-refractivity contribution >= 4 is 28.8 Å². The maximum absolute atomic E-state index is 12.4. The normalized spacial score (nSPS) is 11.1. The quantitative estimate of drug-likeness (QED) is 0.517. The van der Waals surface area contributed by atoms with Crippen LogP contribution in [0.3, 0.4) is 0 Å². The zero-order valence-electron chi connectivity index (χ0n) is 17.4. The van der Waals surface area contributed by atoms with Gasteiger partial charge in [0, 0.05) is 33.9 Å². The number of benzene rings is 1. The summed E-state index contributed by atoms with van der Waals surface area (Å²) in [6.07, 6.45) is 3.28. The van der Waals surface area contributed by atoms with E-state index < -0.39 is 0 Å². The van der Waals surface area contributed by atoms with E-state index in [9.17, 15) is 4.79 Å². The van der Waals surface area contributed by atoms with Gasteiger partial charge >= 0.3 is 0 Å². The van der Waals surface area contributed by atoms with E-state index in [1.54, 1.807) is 11.3 Å². The summed E-state index contributed by atoms with van der Waals surface area (Å²) in [5, 5.41) is 11.6. The number of nitrogens with zero attached hydrogens (tertiary/aromatic N) is 3. The Balaban J connectivity index is 1.53. The van der Waals surface area contributed by atoms with Gasteiger partial charge in [0.15, 0.2) is 0 Å². The summed E-state index contributed by atoms with van der Waals surface area (Å²) in [7, 11) is 0. The van der Waals surface area contributed by atoms with Crippen molar-refractivity contribution in [3.05, 3.63) is 61.8 Å². The third-order valence-electron chi connectivity index (χ3n) is 4.98.